The summed E-state index contributed by atoms with van der Waals surface area (Å²) in [4.78, 5) is 12.0. The van der Waals surface area contributed by atoms with Gasteiger partial charge in [0.05, 0.1) is 11.3 Å². The molecule has 2 aromatic carbocycles. The van der Waals surface area contributed by atoms with Crippen LogP contribution < -0.4 is 11.1 Å². The van der Waals surface area contributed by atoms with Gasteiger partial charge < -0.3 is 11.1 Å². The summed E-state index contributed by atoms with van der Waals surface area (Å²) in [5.41, 5.74) is 5.76. The third-order valence-corrected chi connectivity index (χ3v) is 3.64. The Hall–Kier alpha value is -1.41. The highest BCUT2D eigenvalue weighted by Gasteiger charge is 2.15. The number of nitrogens with two attached hydrogens (primary N) is 1. The Morgan fingerprint density at radius 1 is 1.20 bits per heavy atom. The fraction of sp³-hybridized carbons (Fsp3) is 0. The number of amides is 1. The molecule has 0 aromatic heterocycles. The molecule has 1 amide bonds. The molecule has 0 aliphatic heterocycles. The molecular formula is C13H8ClF2IN2O. The Bertz CT molecular complexity index is 694. The lowest BCUT2D eigenvalue weighted by molar-refractivity contribution is 0.102. The van der Waals surface area contributed by atoms with E-state index in [1.165, 1.54) is 0 Å². The van der Waals surface area contributed by atoms with Gasteiger partial charge in [-0.25, -0.2) is 8.78 Å². The van der Waals surface area contributed by atoms with E-state index >= 15 is 0 Å². The van der Waals surface area contributed by atoms with Gasteiger partial charge in [-0.05, 0) is 46.9 Å². The zero-order valence-corrected chi connectivity index (χ0v) is 12.8. The second-order valence-electron chi connectivity index (χ2n) is 3.93. The van der Waals surface area contributed by atoms with Crippen molar-refractivity contribution < 1.29 is 13.6 Å². The van der Waals surface area contributed by atoms with E-state index in [1.807, 2.05) is 22.6 Å². The number of nitrogens with one attached hydrogen (secondary N) is 1. The highest BCUT2D eigenvalue weighted by atomic mass is 127. The normalized spacial score (nSPS) is 10.4. The third kappa shape index (κ3) is 3.18. The third-order valence-electron chi connectivity index (χ3n) is 2.52. The number of carbonyl (C=O) groups excluding carboxylic acids is 1. The Balaban J connectivity index is 2.31. The number of hydrogen-bond donors (Lipinski definition) is 2. The van der Waals surface area contributed by atoms with Crippen LogP contribution in [0.2, 0.25) is 5.02 Å². The second kappa shape index (κ2) is 5.92. The number of carbonyl (C=O) groups is 1. The van der Waals surface area contributed by atoms with Crippen LogP contribution in [0.4, 0.5) is 20.2 Å². The number of anilines is 2. The van der Waals surface area contributed by atoms with Gasteiger partial charge in [-0.2, -0.15) is 0 Å². The maximum Gasteiger partial charge on any atom is 0.257 e. The zero-order chi connectivity index (χ0) is 14.9. The van der Waals surface area contributed by atoms with Crippen molar-refractivity contribution in [2.75, 3.05) is 11.1 Å². The first kappa shape index (κ1) is 15.0. The van der Waals surface area contributed by atoms with Crippen molar-refractivity contribution in [1.82, 2.24) is 0 Å². The summed E-state index contributed by atoms with van der Waals surface area (Å²) in [5, 5.41) is 3.09. The summed E-state index contributed by atoms with van der Waals surface area (Å²) in [6.07, 6.45) is 0. The van der Waals surface area contributed by atoms with Gasteiger partial charge in [-0.1, -0.05) is 11.6 Å². The standard InChI is InChI=1S/C13H8ClF2IN2O/c14-6-1-2-12(10(17)3-6)19-13(20)7-4-8(15)9(16)5-11(7)18/h1-5H,18H2,(H,19,20). The number of benzene rings is 2. The van der Waals surface area contributed by atoms with Crippen LogP contribution in [0.15, 0.2) is 30.3 Å². The summed E-state index contributed by atoms with van der Waals surface area (Å²) in [7, 11) is 0. The molecule has 3 N–H and O–H groups in total. The average Bonchev–Trinajstić information content (AvgIpc) is 2.37. The lowest BCUT2D eigenvalue weighted by Gasteiger charge is -2.10. The lowest BCUT2D eigenvalue weighted by atomic mass is 10.1. The van der Waals surface area contributed by atoms with Crippen LogP contribution in [0.25, 0.3) is 0 Å². The van der Waals surface area contributed by atoms with Gasteiger partial charge in [0.2, 0.25) is 0 Å². The molecule has 0 aliphatic carbocycles. The highest BCUT2D eigenvalue weighted by molar-refractivity contribution is 14.1. The van der Waals surface area contributed by atoms with E-state index in [0.717, 1.165) is 12.1 Å². The number of hydrogen-bond acceptors (Lipinski definition) is 2. The van der Waals surface area contributed by atoms with Crippen molar-refractivity contribution in [3.05, 3.63) is 56.1 Å². The van der Waals surface area contributed by atoms with Crippen LogP contribution in [0.5, 0.6) is 0 Å². The predicted molar refractivity (Wildman–Crippen MR) is 82.9 cm³/mol. The van der Waals surface area contributed by atoms with Crippen LogP contribution in [0, 0.1) is 15.2 Å². The first-order valence-electron chi connectivity index (χ1n) is 5.39. The summed E-state index contributed by atoms with van der Waals surface area (Å²) in [5.74, 6) is -2.85. The van der Waals surface area contributed by atoms with Gasteiger partial charge >= 0.3 is 0 Å². The number of nitrogen functional groups attached to an aromatic ring is 1. The summed E-state index contributed by atoms with van der Waals surface area (Å²) in [6.45, 7) is 0. The van der Waals surface area contributed by atoms with E-state index in [2.05, 4.69) is 5.32 Å². The van der Waals surface area contributed by atoms with Gasteiger partial charge in [-0.3, -0.25) is 4.79 Å². The van der Waals surface area contributed by atoms with Crippen molar-refractivity contribution in [2.24, 2.45) is 0 Å². The monoisotopic (exact) mass is 408 g/mol. The van der Waals surface area contributed by atoms with E-state index in [0.29, 0.717) is 14.3 Å². The molecule has 20 heavy (non-hydrogen) atoms. The molecule has 2 rings (SSSR count). The highest BCUT2D eigenvalue weighted by Crippen LogP contribution is 2.24. The van der Waals surface area contributed by atoms with Gasteiger partial charge in [0, 0.05) is 20.3 Å². The van der Waals surface area contributed by atoms with Crippen LogP contribution in [0.1, 0.15) is 10.4 Å². The minimum absolute atomic E-state index is 0.130. The van der Waals surface area contributed by atoms with Gasteiger partial charge in [-0.15, -0.1) is 0 Å². The molecule has 0 saturated heterocycles. The smallest absolute Gasteiger partial charge is 0.257 e. The molecule has 0 atom stereocenters. The minimum Gasteiger partial charge on any atom is -0.398 e. The largest absolute Gasteiger partial charge is 0.398 e. The van der Waals surface area contributed by atoms with Gasteiger partial charge in [0.15, 0.2) is 11.6 Å². The Labute approximate surface area is 132 Å². The molecule has 0 unspecified atom stereocenters. The van der Waals surface area contributed by atoms with E-state index in [-0.39, 0.29) is 11.3 Å². The Morgan fingerprint density at radius 3 is 2.50 bits per heavy atom. The molecule has 7 heteroatoms. The molecule has 104 valence electrons. The predicted octanol–water partition coefficient (Wildman–Crippen LogP) is 4.06. The van der Waals surface area contributed by atoms with Crippen molar-refractivity contribution in [3.8, 4) is 0 Å². The quantitative estimate of drug-likeness (QED) is 0.582. The van der Waals surface area contributed by atoms with E-state index in [1.54, 1.807) is 18.2 Å². The van der Waals surface area contributed by atoms with Crippen LogP contribution in [-0.4, -0.2) is 5.91 Å². The van der Waals surface area contributed by atoms with Crippen LogP contribution >= 0.6 is 34.2 Å². The Kier molecular flexibility index (Phi) is 4.44. The van der Waals surface area contributed by atoms with E-state index in [4.69, 9.17) is 17.3 Å². The van der Waals surface area contributed by atoms with Gasteiger partial charge in [0.25, 0.3) is 5.91 Å². The summed E-state index contributed by atoms with van der Waals surface area (Å²) in [6, 6.07) is 6.41. The first-order valence-corrected chi connectivity index (χ1v) is 6.85. The first-order chi connectivity index (χ1) is 9.38. The summed E-state index contributed by atoms with van der Waals surface area (Å²) >= 11 is 7.80. The second-order valence-corrected chi connectivity index (χ2v) is 5.53. The van der Waals surface area contributed by atoms with Gasteiger partial charge in [0.1, 0.15) is 0 Å². The van der Waals surface area contributed by atoms with Crippen molar-refractivity contribution >= 4 is 51.5 Å². The molecule has 0 aliphatic rings. The van der Waals surface area contributed by atoms with Crippen molar-refractivity contribution in [2.45, 2.75) is 0 Å². The molecule has 0 radical (unpaired) electrons. The lowest BCUT2D eigenvalue weighted by Crippen LogP contribution is -2.15. The number of rotatable bonds is 2. The van der Waals surface area contributed by atoms with Crippen molar-refractivity contribution in [3.63, 3.8) is 0 Å². The fourth-order valence-corrected chi connectivity index (χ4v) is 2.55. The number of halogens is 4. The average molecular weight is 409 g/mol. The van der Waals surface area contributed by atoms with Crippen LogP contribution in [-0.2, 0) is 0 Å². The maximum atomic E-state index is 13.2. The summed E-state index contributed by atoms with van der Waals surface area (Å²) < 4.78 is 26.8. The molecule has 0 fully saturated rings. The van der Waals surface area contributed by atoms with E-state index in [9.17, 15) is 13.6 Å². The van der Waals surface area contributed by atoms with Crippen LogP contribution in [0.3, 0.4) is 0 Å². The Morgan fingerprint density at radius 2 is 1.85 bits per heavy atom. The fourth-order valence-electron chi connectivity index (χ4n) is 1.54. The molecule has 0 spiro atoms. The SMILES string of the molecule is Nc1cc(F)c(F)cc1C(=O)Nc1ccc(Cl)cc1I. The molecule has 3 nitrogen and oxygen atoms in total. The molecule has 0 saturated carbocycles. The zero-order valence-electron chi connectivity index (χ0n) is 9.88. The maximum absolute atomic E-state index is 13.2. The topological polar surface area (TPSA) is 55.1 Å². The molecule has 0 bridgehead atoms. The molecule has 0 heterocycles. The molecule has 2 aromatic rings. The minimum atomic E-state index is -1.13. The van der Waals surface area contributed by atoms with E-state index < -0.39 is 17.5 Å². The molecular weight excluding hydrogens is 401 g/mol. The van der Waals surface area contributed by atoms with Crippen molar-refractivity contribution in [1.29, 1.82) is 0 Å².